The van der Waals surface area contributed by atoms with E-state index in [2.05, 4.69) is 17.6 Å². The Morgan fingerprint density at radius 3 is 2.67 bits per heavy atom. The molecule has 3 heteroatoms. The van der Waals surface area contributed by atoms with E-state index in [9.17, 15) is 0 Å². The summed E-state index contributed by atoms with van der Waals surface area (Å²) >= 11 is 5.99. The number of thiol groups is 1. The lowest BCUT2D eigenvalue weighted by Crippen LogP contribution is -2.03. The van der Waals surface area contributed by atoms with Gasteiger partial charge < -0.3 is 0 Å². The quantitative estimate of drug-likeness (QED) is 0.683. The fraction of sp³-hybridized carbons (Fsp3) is 0.667. The van der Waals surface area contributed by atoms with E-state index < -0.39 is 0 Å². The van der Waals surface area contributed by atoms with Crippen LogP contribution in [0.15, 0.2) is 10.4 Å². The summed E-state index contributed by atoms with van der Waals surface area (Å²) in [6.07, 6.45) is 6.84. The molecule has 0 bridgehead atoms. The Kier molecular flexibility index (Phi) is 2.71. The molecule has 1 fully saturated rings. The fourth-order valence-corrected chi connectivity index (χ4v) is 3.01. The molecule has 0 N–H and O–H groups in total. The van der Waals surface area contributed by atoms with Crippen molar-refractivity contribution in [2.45, 2.75) is 43.0 Å². The van der Waals surface area contributed by atoms with Gasteiger partial charge in [-0.25, -0.2) is 4.98 Å². The van der Waals surface area contributed by atoms with Crippen LogP contribution in [0.4, 0.5) is 0 Å². The third-order valence-electron chi connectivity index (χ3n) is 2.46. The lowest BCUT2D eigenvalue weighted by Gasteiger charge is -2.18. The molecule has 12 heavy (non-hydrogen) atoms. The van der Waals surface area contributed by atoms with Gasteiger partial charge in [0.15, 0.2) is 0 Å². The van der Waals surface area contributed by atoms with Crippen molar-refractivity contribution < 1.29 is 0 Å². The minimum absolute atomic E-state index is 0.740. The molecule has 2 rings (SSSR count). The second-order valence-electron chi connectivity index (χ2n) is 3.38. The van der Waals surface area contributed by atoms with E-state index in [0.717, 1.165) is 10.9 Å². The molecule has 0 atom stereocenters. The first-order valence-corrected chi connectivity index (χ1v) is 5.83. The number of hydrogen-bond donors (Lipinski definition) is 1. The largest absolute Gasteiger partial charge is 0.235 e. The van der Waals surface area contributed by atoms with E-state index in [-0.39, 0.29) is 0 Å². The Bertz CT molecular complexity index is 251. The van der Waals surface area contributed by atoms with Crippen molar-refractivity contribution >= 4 is 24.0 Å². The van der Waals surface area contributed by atoms with Crippen molar-refractivity contribution in [2.75, 3.05) is 0 Å². The van der Waals surface area contributed by atoms with Gasteiger partial charge >= 0.3 is 0 Å². The number of aromatic nitrogens is 1. The van der Waals surface area contributed by atoms with Gasteiger partial charge in [-0.15, -0.1) is 24.0 Å². The maximum atomic E-state index is 4.42. The van der Waals surface area contributed by atoms with Gasteiger partial charge in [-0.3, -0.25) is 0 Å². The topological polar surface area (TPSA) is 12.9 Å². The van der Waals surface area contributed by atoms with Gasteiger partial charge in [0, 0.05) is 11.3 Å². The molecule has 0 amide bonds. The van der Waals surface area contributed by atoms with Crippen LogP contribution in [-0.2, 0) is 0 Å². The Labute approximate surface area is 82.6 Å². The number of rotatable bonds is 1. The SMILES string of the molecule is Sc1csc(C2CCCCC2)n1. The highest BCUT2D eigenvalue weighted by Crippen LogP contribution is 2.34. The molecular formula is C9H13NS2. The van der Waals surface area contributed by atoms with Gasteiger partial charge in [-0.05, 0) is 12.8 Å². The molecule has 0 unspecified atom stereocenters. The van der Waals surface area contributed by atoms with Crippen LogP contribution < -0.4 is 0 Å². The zero-order valence-electron chi connectivity index (χ0n) is 6.99. The molecule has 1 saturated carbocycles. The fourth-order valence-electron chi connectivity index (χ4n) is 1.82. The Balaban J connectivity index is 2.08. The third-order valence-corrected chi connectivity index (χ3v) is 3.88. The average molecular weight is 199 g/mol. The first kappa shape index (κ1) is 8.57. The molecule has 0 aliphatic heterocycles. The maximum Gasteiger partial charge on any atom is 0.104 e. The second kappa shape index (κ2) is 3.79. The highest BCUT2D eigenvalue weighted by molar-refractivity contribution is 7.80. The standard InChI is InChI=1S/C9H13NS2/c11-8-6-12-9(10-8)7-4-2-1-3-5-7/h6-7,11H,1-5H2. The summed E-state index contributed by atoms with van der Waals surface area (Å²) in [6, 6.07) is 0. The molecule has 0 saturated heterocycles. The molecule has 0 aromatic carbocycles. The van der Waals surface area contributed by atoms with E-state index in [4.69, 9.17) is 0 Å². The molecule has 66 valence electrons. The zero-order chi connectivity index (χ0) is 8.39. The summed E-state index contributed by atoms with van der Waals surface area (Å²) in [4.78, 5) is 4.42. The Morgan fingerprint density at radius 2 is 2.08 bits per heavy atom. The first-order valence-electron chi connectivity index (χ1n) is 4.50. The monoisotopic (exact) mass is 199 g/mol. The molecular weight excluding hydrogens is 186 g/mol. The number of thiazole rings is 1. The first-order chi connectivity index (χ1) is 5.86. The van der Waals surface area contributed by atoms with E-state index in [1.807, 2.05) is 5.38 Å². The van der Waals surface area contributed by atoms with Gasteiger partial charge in [-0.2, -0.15) is 0 Å². The molecule has 1 heterocycles. The van der Waals surface area contributed by atoms with Crippen molar-refractivity contribution in [3.63, 3.8) is 0 Å². The minimum Gasteiger partial charge on any atom is -0.235 e. The summed E-state index contributed by atoms with van der Waals surface area (Å²) in [5.74, 6) is 0.740. The Hall–Kier alpha value is -0.0200. The van der Waals surface area contributed by atoms with Crippen LogP contribution in [0, 0.1) is 0 Å². The van der Waals surface area contributed by atoms with Crippen molar-refractivity contribution in [3.05, 3.63) is 10.4 Å². The van der Waals surface area contributed by atoms with Crippen LogP contribution >= 0.6 is 24.0 Å². The normalized spacial score (nSPS) is 19.8. The average Bonchev–Trinajstić information content (AvgIpc) is 2.54. The number of nitrogens with zero attached hydrogens (tertiary/aromatic N) is 1. The highest BCUT2D eigenvalue weighted by atomic mass is 32.1. The molecule has 0 spiro atoms. The summed E-state index contributed by atoms with van der Waals surface area (Å²) < 4.78 is 0. The molecule has 1 aromatic rings. The van der Waals surface area contributed by atoms with Crippen LogP contribution in [0.5, 0.6) is 0 Å². The van der Waals surface area contributed by atoms with Gasteiger partial charge in [0.05, 0.1) is 5.01 Å². The molecule has 1 aliphatic rings. The lowest BCUT2D eigenvalue weighted by molar-refractivity contribution is 0.441. The van der Waals surface area contributed by atoms with Gasteiger partial charge in [-0.1, -0.05) is 19.3 Å². The smallest absolute Gasteiger partial charge is 0.104 e. The van der Waals surface area contributed by atoms with Crippen LogP contribution in [-0.4, -0.2) is 4.98 Å². The zero-order valence-corrected chi connectivity index (χ0v) is 8.70. The van der Waals surface area contributed by atoms with Crippen LogP contribution in [0.1, 0.15) is 43.0 Å². The van der Waals surface area contributed by atoms with Gasteiger partial charge in [0.2, 0.25) is 0 Å². The summed E-state index contributed by atoms with van der Waals surface area (Å²) in [5.41, 5.74) is 0. The predicted molar refractivity (Wildman–Crippen MR) is 55.2 cm³/mol. The molecule has 1 aromatic heterocycles. The van der Waals surface area contributed by atoms with Gasteiger partial charge in [0.25, 0.3) is 0 Å². The van der Waals surface area contributed by atoms with Crippen LogP contribution in [0.2, 0.25) is 0 Å². The second-order valence-corrected chi connectivity index (χ2v) is 4.73. The molecule has 0 radical (unpaired) electrons. The highest BCUT2D eigenvalue weighted by Gasteiger charge is 2.17. The predicted octanol–water partition coefficient (Wildman–Crippen LogP) is 3.48. The van der Waals surface area contributed by atoms with Crippen LogP contribution in [0.25, 0.3) is 0 Å². The van der Waals surface area contributed by atoms with E-state index in [1.54, 1.807) is 11.3 Å². The molecule has 1 aliphatic carbocycles. The lowest BCUT2D eigenvalue weighted by atomic mass is 9.90. The Morgan fingerprint density at radius 1 is 1.33 bits per heavy atom. The summed E-state index contributed by atoms with van der Waals surface area (Å²) in [5, 5.41) is 4.23. The van der Waals surface area contributed by atoms with Crippen molar-refractivity contribution in [1.82, 2.24) is 4.98 Å². The molecule has 1 nitrogen and oxygen atoms in total. The number of hydrogen-bond acceptors (Lipinski definition) is 3. The third kappa shape index (κ3) is 1.83. The van der Waals surface area contributed by atoms with Crippen molar-refractivity contribution in [2.24, 2.45) is 0 Å². The maximum absolute atomic E-state index is 4.42. The van der Waals surface area contributed by atoms with E-state index >= 15 is 0 Å². The minimum atomic E-state index is 0.740. The van der Waals surface area contributed by atoms with Crippen molar-refractivity contribution in [3.8, 4) is 0 Å². The summed E-state index contributed by atoms with van der Waals surface area (Å²) in [7, 11) is 0. The van der Waals surface area contributed by atoms with E-state index in [1.165, 1.54) is 37.1 Å². The van der Waals surface area contributed by atoms with Crippen LogP contribution in [0.3, 0.4) is 0 Å². The van der Waals surface area contributed by atoms with Crippen molar-refractivity contribution in [1.29, 1.82) is 0 Å². The van der Waals surface area contributed by atoms with E-state index in [0.29, 0.717) is 0 Å². The summed E-state index contributed by atoms with van der Waals surface area (Å²) in [6.45, 7) is 0. The van der Waals surface area contributed by atoms with Gasteiger partial charge in [0.1, 0.15) is 5.03 Å².